The standard InChI is InChI=1S/C34H35ClIN3O4S/c1-2-3-22-37-34(41)32(23-26-10-6-4-7-11-26)38(24-27-14-16-28(35)17-15-27)33(40)25-39(30-20-18-29(36)19-21-30)44(42,43)31-12-8-5-9-13-31/h4-21,32H,2-3,22-25H2,1H3,(H,37,41)/t32-/m1/s1. The molecule has 0 aliphatic heterocycles. The molecule has 4 aromatic carbocycles. The van der Waals surface area contributed by atoms with Gasteiger partial charge in [0.1, 0.15) is 12.6 Å². The van der Waals surface area contributed by atoms with Gasteiger partial charge in [-0.05, 0) is 88.7 Å². The molecular formula is C34H35ClIN3O4S. The lowest BCUT2D eigenvalue weighted by atomic mass is 10.0. The van der Waals surface area contributed by atoms with E-state index in [-0.39, 0.29) is 23.8 Å². The molecule has 4 rings (SSSR count). The van der Waals surface area contributed by atoms with Gasteiger partial charge in [0.15, 0.2) is 0 Å². The van der Waals surface area contributed by atoms with Crippen LogP contribution in [-0.2, 0) is 32.6 Å². The quantitative estimate of drug-likeness (QED) is 0.115. The van der Waals surface area contributed by atoms with Crippen LogP contribution >= 0.6 is 34.2 Å². The van der Waals surface area contributed by atoms with E-state index >= 15 is 0 Å². The van der Waals surface area contributed by atoms with Crippen molar-refractivity contribution in [2.45, 2.75) is 43.7 Å². The Balaban J connectivity index is 1.77. The van der Waals surface area contributed by atoms with Crippen LogP contribution in [0.1, 0.15) is 30.9 Å². The Bertz CT molecular complexity index is 1620. The summed E-state index contributed by atoms with van der Waals surface area (Å²) in [5.74, 6) is -0.805. The third-order valence-electron chi connectivity index (χ3n) is 7.09. The van der Waals surface area contributed by atoms with Crippen molar-refractivity contribution in [3.05, 3.63) is 129 Å². The van der Waals surface area contributed by atoms with Gasteiger partial charge in [0.25, 0.3) is 10.0 Å². The highest BCUT2D eigenvalue weighted by atomic mass is 127. The van der Waals surface area contributed by atoms with Crippen LogP contribution in [0.3, 0.4) is 0 Å². The highest BCUT2D eigenvalue weighted by Crippen LogP contribution is 2.26. The Morgan fingerprint density at radius 1 is 0.841 bits per heavy atom. The number of nitrogens with zero attached hydrogens (tertiary/aromatic N) is 2. The van der Waals surface area contributed by atoms with Gasteiger partial charge in [0.2, 0.25) is 11.8 Å². The molecule has 0 unspecified atom stereocenters. The molecule has 44 heavy (non-hydrogen) atoms. The Morgan fingerprint density at radius 3 is 2.07 bits per heavy atom. The van der Waals surface area contributed by atoms with Crippen LogP contribution in [0.15, 0.2) is 114 Å². The summed E-state index contributed by atoms with van der Waals surface area (Å²) in [4.78, 5) is 29.7. The van der Waals surface area contributed by atoms with Gasteiger partial charge >= 0.3 is 0 Å². The summed E-state index contributed by atoms with van der Waals surface area (Å²) in [5.41, 5.74) is 1.98. The maximum absolute atomic E-state index is 14.4. The van der Waals surface area contributed by atoms with Crippen molar-refractivity contribution in [2.24, 2.45) is 0 Å². The molecule has 1 atom stereocenters. The maximum atomic E-state index is 14.4. The molecule has 230 valence electrons. The molecule has 0 aliphatic rings. The van der Waals surface area contributed by atoms with Gasteiger partial charge in [-0.2, -0.15) is 0 Å². The number of carbonyl (C=O) groups is 2. The Labute approximate surface area is 278 Å². The smallest absolute Gasteiger partial charge is 0.264 e. The third-order valence-corrected chi connectivity index (χ3v) is 9.85. The zero-order valence-corrected chi connectivity index (χ0v) is 28.1. The van der Waals surface area contributed by atoms with Gasteiger partial charge in [-0.15, -0.1) is 0 Å². The Morgan fingerprint density at radius 2 is 1.45 bits per heavy atom. The number of benzene rings is 4. The first kappa shape index (κ1) is 33.5. The minimum atomic E-state index is -4.13. The summed E-state index contributed by atoms with van der Waals surface area (Å²) < 4.78 is 30.0. The zero-order chi connectivity index (χ0) is 31.5. The van der Waals surface area contributed by atoms with Crippen LogP contribution in [0.5, 0.6) is 0 Å². The molecule has 4 aromatic rings. The molecule has 0 saturated heterocycles. The minimum absolute atomic E-state index is 0.0637. The van der Waals surface area contributed by atoms with Gasteiger partial charge in [-0.3, -0.25) is 13.9 Å². The van der Waals surface area contributed by atoms with Crippen LogP contribution < -0.4 is 9.62 Å². The summed E-state index contributed by atoms with van der Waals surface area (Å²) in [5, 5.41) is 3.54. The Kier molecular flexibility index (Phi) is 12.2. The summed E-state index contributed by atoms with van der Waals surface area (Å²) in [6.45, 7) is 2.09. The van der Waals surface area contributed by atoms with Crippen molar-refractivity contribution in [2.75, 3.05) is 17.4 Å². The number of carbonyl (C=O) groups excluding carboxylic acids is 2. The fourth-order valence-corrected chi connectivity index (χ4v) is 6.62. The van der Waals surface area contributed by atoms with Crippen LogP contribution in [0.25, 0.3) is 0 Å². The molecule has 0 heterocycles. The fourth-order valence-electron chi connectivity index (χ4n) is 4.70. The highest BCUT2D eigenvalue weighted by Gasteiger charge is 2.34. The molecule has 10 heteroatoms. The average molecular weight is 744 g/mol. The second-order valence-corrected chi connectivity index (χ2v) is 13.8. The number of amides is 2. The molecule has 0 fully saturated rings. The number of anilines is 1. The first-order valence-corrected chi connectivity index (χ1v) is 17.3. The van der Waals surface area contributed by atoms with Gasteiger partial charge < -0.3 is 10.2 Å². The van der Waals surface area contributed by atoms with Crippen LogP contribution in [-0.4, -0.2) is 44.3 Å². The lowest BCUT2D eigenvalue weighted by Crippen LogP contribution is -2.53. The average Bonchev–Trinajstić information content (AvgIpc) is 3.03. The fraction of sp³-hybridized carbons (Fsp3) is 0.235. The number of sulfonamides is 1. The first-order chi connectivity index (χ1) is 21.2. The molecule has 0 radical (unpaired) electrons. The zero-order valence-electron chi connectivity index (χ0n) is 24.4. The summed E-state index contributed by atoms with van der Waals surface area (Å²) in [6.07, 6.45) is 1.96. The third kappa shape index (κ3) is 9.06. The molecule has 7 nitrogen and oxygen atoms in total. The molecule has 0 bridgehead atoms. The largest absolute Gasteiger partial charge is 0.354 e. The van der Waals surface area contributed by atoms with Crippen molar-refractivity contribution < 1.29 is 18.0 Å². The second kappa shape index (κ2) is 16.1. The van der Waals surface area contributed by atoms with Crippen LogP contribution in [0.2, 0.25) is 5.02 Å². The van der Waals surface area contributed by atoms with Gasteiger partial charge in [-0.25, -0.2) is 8.42 Å². The van der Waals surface area contributed by atoms with Crippen molar-refractivity contribution in [1.82, 2.24) is 10.2 Å². The van der Waals surface area contributed by atoms with E-state index in [9.17, 15) is 18.0 Å². The summed E-state index contributed by atoms with van der Waals surface area (Å²) in [7, 11) is -4.13. The number of hydrogen-bond acceptors (Lipinski definition) is 4. The normalized spacial score (nSPS) is 11.9. The number of unbranched alkanes of at least 4 members (excludes halogenated alkanes) is 1. The molecule has 0 saturated carbocycles. The maximum Gasteiger partial charge on any atom is 0.264 e. The monoisotopic (exact) mass is 743 g/mol. The van der Waals surface area contributed by atoms with E-state index in [0.29, 0.717) is 17.3 Å². The predicted octanol–water partition coefficient (Wildman–Crippen LogP) is 6.70. The number of rotatable bonds is 14. The summed E-state index contributed by atoms with van der Waals surface area (Å²) in [6, 6.07) is 30.6. The van der Waals surface area contributed by atoms with Gasteiger partial charge in [0.05, 0.1) is 10.6 Å². The van der Waals surface area contributed by atoms with Crippen molar-refractivity contribution >= 4 is 61.7 Å². The second-order valence-electron chi connectivity index (χ2n) is 10.3. The van der Waals surface area contributed by atoms with E-state index < -0.39 is 28.5 Å². The van der Waals surface area contributed by atoms with E-state index in [1.807, 2.05) is 37.3 Å². The SMILES string of the molecule is CCCCNC(=O)[C@@H](Cc1ccccc1)N(Cc1ccc(Cl)cc1)C(=O)CN(c1ccc(I)cc1)S(=O)(=O)c1ccccc1. The molecule has 2 amide bonds. The van der Waals surface area contributed by atoms with Gasteiger partial charge in [0, 0.05) is 28.1 Å². The van der Waals surface area contributed by atoms with Gasteiger partial charge in [-0.1, -0.05) is 85.6 Å². The van der Waals surface area contributed by atoms with E-state index in [4.69, 9.17) is 11.6 Å². The molecular weight excluding hydrogens is 709 g/mol. The number of halogens is 2. The molecule has 0 aromatic heterocycles. The Hall–Kier alpha value is -3.41. The minimum Gasteiger partial charge on any atom is -0.354 e. The molecule has 1 N–H and O–H groups in total. The lowest BCUT2D eigenvalue weighted by Gasteiger charge is -2.34. The van der Waals surface area contributed by atoms with Crippen LogP contribution in [0.4, 0.5) is 5.69 Å². The van der Waals surface area contributed by atoms with E-state index in [0.717, 1.165) is 31.8 Å². The van der Waals surface area contributed by atoms with Crippen molar-refractivity contribution in [1.29, 1.82) is 0 Å². The number of nitrogens with one attached hydrogen (secondary N) is 1. The highest BCUT2D eigenvalue weighted by molar-refractivity contribution is 14.1. The molecule has 0 spiro atoms. The predicted molar refractivity (Wildman–Crippen MR) is 184 cm³/mol. The van der Waals surface area contributed by atoms with Crippen LogP contribution in [0, 0.1) is 3.57 Å². The first-order valence-electron chi connectivity index (χ1n) is 14.4. The van der Waals surface area contributed by atoms with Crippen molar-refractivity contribution in [3.8, 4) is 0 Å². The number of hydrogen-bond donors (Lipinski definition) is 1. The van der Waals surface area contributed by atoms with Crippen molar-refractivity contribution in [3.63, 3.8) is 0 Å². The van der Waals surface area contributed by atoms with E-state index in [2.05, 4.69) is 27.9 Å². The summed E-state index contributed by atoms with van der Waals surface area (Å²) >= 11 is 8.29. The topological polar surface area (TPSA) is 86.8 Å². The van der Waals surface area contributed by atoms with E-state index in [1.54, 1.807) is 66.7 Å². The molecule has 0 aliphatic carbocycles. The lowest BCUT2D eigenvalue weighted by molar-refractivity contribution is -0.140. The van der Waals surface area contributed by atoms with E-state index in [1.165, 1.54) is 17.0 Å².